The monoisotopic (exact) mass is 279 g/mol. The second-order valence-electron chi connectivity index (χ2n) is 4.47. The van der Waals surface area contributed by atoms with Crippen molar-refractivity contribution in [2.45, 2.75) is 0 Å². The molecule has 0 aliphatic heterocycles. The molecule has 0 heterocycles. The van der Waals surface area contributed by atoms with Crippen LogP contribution in [-0.4, -0.2) is 11.3 Å². The molecule has 0 radical (unpaired) electrons. The molecule has 4 heteroatoms. The van der Waals surface area contributed by atoms with E-state index in [0.29, 0.717) is 0 Å². The smallest absolute Gasteiger partial charge is 0.184 e. The molecule has 0 unspecified atom stereocenters. The van der Waals surface area contributed by atoms with Gasteiger partial charge in [0.1, 0.15) is 0 Å². The van der Waals surface area contributed by atoms with Crippen LogP contribution in [0.2, 0.25) is 0 Å². The fourth-order valence-corrected chi connectivity index (χ4v) is 2.41. The highest BCUT2D eigenvalue weighted by molar-refractivity contribution is 7.80. The number of benzene rings is 3. The van der Waals surface area contributed by atoms with Gasteiger partial charge in [-0.15, -0.1) is 0 Å². The van der Waals surface area contributed by atoms with E-state index in [-0.39, 0.29) is 5.11 Å². The zero-order valence-corrected chi connectivity index (χ0v) is 11.5. The summed E-state index contributed by atoms with van der Waals surface area (Å²) in [4.78, 5) is 0. The van der Waals surface area contributed by atoms with Gasteiger partial charge in [-0.1, -0.05) is 48.5 Å². The third-order valence-electron chi connectivity index (χ3n) is 3.18. The van der Waals surface area contributed by atoms with Crippen molar-refractivity contribution in [3.05, 3.63) is 60.2 Å². The zero-order valence-electron chi connectivity index (χ0n) is 10.7. The molecule has 0 atom stereocenters. The Bertz CT molecular complexity index is 824. The summed E-state index contributed by atoms with van der Waals surface area (Å²) in [6, 6.07) is 18.7. The van der Waals surface area contributed by atoms with Crippen LogP contribution in [0.3, 0.4) is 0 Å². The largest absolute Gasteiger partial charge is 0.375 e. The number of thiocarbonyl (C=S) groups is 1. The number of nitrogens with one attached hydrogen (secondary N) is 1. The summed E-state index contributed by atoms with van der Waals surface area (Å²) >= 11 is 4.74. The molecule has 0 saturated carbocycles. The average molecular weight is 279 g/mol. The molecule has 3 rings (SSSR count). The molecule has 0 aliphatic carbocycles. The molecule has 0 amide bonds. The van der Waals surface area contributed by atoms with Crippen LogP contribution < -0.4 is 11.2 Å². The second kappa shape index (κ2) is 5.27. The maximum Gasteiger partial charge on any atom is 0.184 e. The summed E-state index contributed by atoms with van der Waals surface area (Å²) in [5.74, 6) is 0. The third-order valence-corrected chi connectivity index (χ3v) is 3.27. The topological polar surface area (TPSA) is 50.4 Å². The van der Waals surface area contributed by atoms with Crippen LogP contribution in [0, 0.1) is 0 Å². The number of nitrogens with two attached hydrogens (primary N) is 1. The van der Waals surface area contributed by atoms with Crippen molar-refractivity contribution in [2.75, 3.05) is 0 Å². The average Bonchev–Trinajstić information content (AvgIpc) is 2.47. The summed E-state index contributed by atoms with van der Waals surface area (Å²) in [5, 5.41) is 9.00. The van der Waals surface area contributed by atoms with Crippen LogP contribution in [0.5, 0.6) is 0 Å². The molecule has 0 aromatic heterocycles. The molecular weight excluding hydrogens is 266 g/mol. The molecule has 0 bridgehead atoms. The molecule has 3 nitrogen and oxygen atoms in total. The minimum absolute atomic E-state index is 0.159. The number of hydrazone groups is 1. The van der Waals surface area contributed by atoms with E-state index in [1.165, 1.54) is 16.2 Å². The molecule has 0 fully saturated rings. The molecule has 3 aromatic carbocycles. The fourth-order valence-electron chi connectivity index (χ4n) is 2.36. The van der Waals surface area contributed by atoms with Crippen molar-refractivity contribution in [2.24, 2.45) is 10.8 Å². The van der Waals surface area contributed by atoms with E-state index < -0.39 is 0 Å². The lowest BCUT2D eigenvalue weighted by molar-refractivity contribution is 1.04. The quantitative estimate of drug-likeness (QED) is 0.328. The maximum absolute atomic E-state index is 5.37. The van der Waals surface area contributed by atoms with Crippen molar-refractivity contribution < 1.29 is 0 Å². The van der Waals surface area contributed by atoms with E-state index in [9.17, 15) is 0 Å². The molecule has 98 valence electrons. The molecule has 0 aliphatic rings. The van der Waals surface area contributed by atoms with Crippen molar-refractivity contribution in [3.8, 4) is 0 Å². The molecule has 0 saturated heterocycles. The Morgan fingerprint density at radius 1 is 1.00 bits per heavy atom. The lowest BCUT2D eigenvalue weighted by Crippen LogP contribution is -2.24. The van der Waals surface area contributed by atoms with Gasteiger partial charge in [-0.2, -0.15) is 5.10 Å². The van der Waals surface area contributed by atoms with Gasteiger partial charge in [0.05, 0.1) is 6.21 Å². The molecule has 0 spiro atoms. The Kier molecular flexibility index (Phi) is 3.31. The summed E-state index contributed by atoms with van der Waals surface area (Å²) < 4.78 is 0. The van der Waals surface area contributed by atoms with Gasteiger partial charge in [0.15, 0.2) is 5.11 Å². The first kappa shape index (κ1) is 12.6. The Morgan fingerprint density at radius 3 is 2.40 bits per heavy atom. The summed E-state index contributed by atoms with van der Waals surface area (Å²) in [6.45, 7) is 0. The van der Waals surface area contributed by atoms with E-state index in [1.807, 2.05) is 18.2 Å². The summed E-state index contributed by atoms with van der Waals surface area (Å²) in [7, 11) is 0. The zero-order chi connectivity index (χ0) is 13.9. The van der Waals surface area contributed by atoms with Gasteiger partial charge in [-0.3, -0.25) is 5.43 Å². The van der Waals surface area contributed by atoms with Gasteiger partial charge in [0, 0.05) is 5.56 Å². The van der Waals surface area contributed by atoms with E-state index in [4.69, 9.17) is 18.0 Å². The van der Waals surface area contributed by atoms with Gasteiger partial charge in [-0.05, 0) is 39.8 Å². The first-order valence-corrected chi connectivity index (χ1v) is 6.65. The van der Waals surface area contributed by atoms with Gasteiger partial charge >= 0.3 is 0 Å². The Hall–Kier alpha value is -2.46. The van der Waals surface area contributed by atoms with Crippen LogP contribution in [-0.2, 0) is 0 Å². The first-order chi connectivity index (χ1) is 9.75. The highest BCUT2D eigenvalue weighted by Crippen LogP contribution is 2.27. The van der Waals surface area contributed by atoms with Crippen LogP contribution in [0.4, 0.5) is 0 Å². The molecule has 3 aromatic rings. The predicted octanol–water partition coefficient (Wildman–Crippen LogP) is 3.16. The predicted molar refractivity (Wildman–Crippen MR) is 89.0 cm³/mol. The lowest BCUT2D eigenvalue weighted by atomic mass is 9.98. The number of fused-ring (bicyclic) bond motifs is 3. The first-order valence-electron chi connectivity index (χ1n) is 6.25. The van der Waals surface area contributed by atoms with Gasteiger partial charge in [0.25, 0.3) is 0 Å². The maximum atomic E-state index is 5.37. The van der Waals surface area contributed by atoms with Crippen LogP contribution in [0.1, 0.15) is 5.56 Å². The third kappa shape index (κ3) is 2.33. The van der Waals surface area contributed by atoms with Crippen molar-refractivity contribution >= 4 is 45.1 Å². The van der Waals surface area contributed by atoms with Crippen molar-refractivity contribution in [1.29, 1.82) is 0 Å². The number of rotatable bonds is 2. The highest BCUT2D eigenvalue weighted by atomic mass is 32.1. The minimum atomic E-state index is 0.159. The number of nitrogens with zero attached hydrogens (tertiary/aromatic N) is 1. The number of hydrogen-bond acceptors (Lipinski definition) is 2. The van der Waals surface area contributed by atoms with Crippen molar-refractivity contribution in [1.82, 2.24) is 5.43 Å². The Balaban J connectivity index is 2.24. The fraction of sp³-hybridized carbons (Fsp3) is 0. The van der Waals surface area contributed by atoms with E-state index in [0.717, 1.165) is 10.9 Å². The van der Waals surface area contributed by atoms with E-state index in [2.05, 4.69) is 46.9 Å². The van der Waals surface area contributed by atoms with Crippen LogP contribution in [0.15, 0.2) is 59.7 Å². The second-order valence-corrected chi connectivity index (χ2v) is 4.91. The summed E-state index contributed by atoms with van der Waals surface area (Å²) in [6.07, 6.45) is 1.74. The van der Waals surface area contributed by atoms with Crippen LogP contribution >= 0.6 is 12.2 Å². The standard InChI is InChI=1S/C16H13N3S/c17-16(20)19-18-10-12-9-11-5-1-2-6-13(11)15-8-4-3-7-14(12)15/h1-10H,(H3,17,19,20)/b18-10+. The normalized spacial score (nSPS) is 11.2. The van der Waals surface area contributed by atoms with Gasteiger partial charge in [-0.25, -0.2) is 0 Å². The van der Waals surface area contributed by atoms with E-state index in [1.54, 1.807) is 6.21 Å². The molecule has 20 heavy (non-hydrogen) atoms. The van der Waals surface area contributed by atoms with Crippen LogP contribution in [0.25, 0.3) is 21.5 Å². The number of hydrogen-bond donors (Lipinski definition) is 2. The molecular formula is C16H13N3S. The minimum Gasteiger partial charge on any atom is -0.375 e. The Labute approximate surface area is 122 Å². The van der Waals surface area contributed by atoms with Crippen molar-refractivity contribution in [3.63, 3.8) is 0 Å². The highest BCUT2D eigenvalue weighted by Gasteiger charge is 2.04. The summed E-state index contributed by atoms with van der Waals surface area (Å²) in [5.41, 5.74) is 8.98. The molecule has 3 N–H and O–H groups in total. The van der Waals surface area contributed by atoms with Gasteiger partial charge in [0.2, 0.25) is 0 Å². The SMILES string of the molecule is NC(=S)N/N=C/c1cc2ccccc2c2ccccc12. The van der Waals surface area contributed by atoms with E-state index >= 15 is 0 Å². The Morgan fingerprint density at radius 2 is 1.65 bits per heavy atom. The van der Waals surface area contributed by atoms with Gasteiger partial charge < -0.3 is 5.73 Å². The lowest BCUT2D eigenvalue weighted by Gasteiger charge is -2.07.